The van der Waals surface area contributed by atoms with E-state index in [1.165, 1.54) is 0 Å². The molecule has 0 aliphatic carbocycles. The Hall–Kier alpha value is -1.43. The highest BCUT2D eigenvalue weighted by Gasteiger charge is 2.33. The van der Waals surface area contributed by atoms with E-state index < -0.39 is 11.5 Å². The zero-order valence-corrected chi connectivity index (χ0v) is 11.2. The Bertz CT molecular complexity index is 453. The SMILES string of the molecule is CN(Cc1nnc2n1CCCC2)C(C)(C)C(=O)O. The Labute approximate surface area is 107 Å². The van der Waals surface area contributed by atoms with Gasteiger partial charge in [-0.3, -0.25) is 9.69 Å². The van der Waals surface area contributed by atoms with Crippen molar-refractivity contribution in [2.75, 3.05) is 7.05 Å². The molecule has 0 saturated carbocycles. The number of rotatable bonds is 4. The van der Waals surface area contributed by atoms with Gasteiger partial charge in [-0.25, -0.2) is 0 Å². The molecule has 0 radical (unpaired) electrons. The first-order valence-corrected chi connectivity index (χ1v) is 6.28. The van der Waals surface area contributed by atoms with E-state index in [2.05, 4.69) is 14.8 Å². The lowest BCUT2D eigenvalue weighted by molar-refractivity contribution is -0.148. The van der Waals surface area contributed by atoms with Crippen LogP contribution >= 0.6 is 0 Å². The van der Waals surface area contributed by atoms with Crippen LogP contribution in [-0.4, -0.2) is 43.3 Å². The Morgan fingerprint density at radius 3 is 2.83 bits per heavy atom. The van der Waals surface area contributed by atoms with Crippen LogP contribution in [0.2, 0.25) is 0 Å². The maximum atomic E-state index is 11.2. The summed E-state index contributed by atoms with van der Waals surface area (Å²) in [5.74, 6) is 1.06. The van der Waals surface area contributed by atoms with Crippen molar-refractivity contribution in [3.63, 3.8) is 0 Å². The molecule has 2 rings (SSSR count). The van der Waals surface area contributed by atoms with E-state index in [0.29, 0.717) is 6.54 Å². The summed E-state index contributed by atoms with van der Waals surface area (Å²) in [5.41, 5.74) is -0.902. The molecule has 1 N–H and O–H groups in total. The van der Waals surface area contributed by atoms with Crippen LogP contribution in [0.5, 0.6) is 0 Å². The molecule has 0 unspecified atom stereocenters. The molecule has 0 bridgehead atoms. The average Bonchev–Trinajstić information content (AvgIpc) is 2.72. The van der Waals surface area contributed by atoms with Crippen LogP contribution in [0.15, 0.2) is 0 Å². The van der Waals surface area contributed by atoms with Gasteiger partial charge in [0.25, 0.3) is 0 Å². The number of carbonyl (C=O) groups is 1. The lowest BCUT2D eigenvalue weighted by Gasteiger charge is -2.31. The van der Waals surface area contributed by atoms with Gasteiger partial charge in [0.2, 0.25) is 0 Å². The summed E-state index contributed by atoms with van der Waals surface area (Å²) in [7, 11) is 1.80. The molecule has 6 heteroatoms. The Morgan fingerprint density at radius 1 is 1.44 bits per heavy atom. The van der Waals surface area contributed by atoms with E-state index in [1.54, 1.807) is 25.8 Å². The van der Waals surface area contributed by atoms with Crippen LogP contribution in [0.4, 0.5) is 0 Å². The van der Waals surface area contributed by atoms with Crippen LogP contribution in [0.3, 0.4) is 0 Å². The van der Waals surface area contributed by atoms with E-state index in [1.807, 2.05) is 0 Å². The molecule has 0 saturated heterocycles. The second-order valence-corrected chi connectivity index (χ2v) is 5.36. The molecule has 0 aromatic carbocycles. The van der Waals surface area contributed by atoms with Gasteiger partial charge in [-0.05, 0) is 33.7 Å². The van der Waals surface area contributed by atoms with E-state index in [0.717, 1.165) is 37.5 Å². The largest absolute Gasteiger partial charge is 0.480 e. The number of aryl methyl sites for hydroxylation is 1. The summed E-state index contributed by atoms with van der Waals surface area (Å²) in [5, 5.41) is 17.6. The van der Waals surface area contributed by atoms with Gasteiger partial charge in [0.1, 0.15) is 17.2 Å². The molecule has 0 amide bonds. The van der Waals surface area contributed by atoms with Gasteiger partial charge in [0, 0.05) is 13.0 Å². The van der Waals surface area contributed by atoms with Crippen molar-refractivity contribution in [3.05, 3.63) is 11.6 Å². The molecular weight excluding hydrogens is 232 g/mol. The predicted octanol–water partition coefficient (Wildman–Crippen LogP) is 0.909. The minimum absolute atomic E-state index is 0.506. The summed E-state index contributed by atoms with van der Waals surface area (Å²) in [6.07, 6.45) is 3.28. The lowest BCUT2D eigenvalue weighted by Crippen LogP contribution is -2.47. The topological polar surface area (TPSA) is 71.2 Å². The van der Waals surface area contributed by atoms with Gasteiger partial charge in [-0.2, -0.15) is 0 Å². The monoisotopic (exact) mass is 252 g/mol. The smallest absolute Gasteiger partial charge is 0.323 e. The van der Waals surface area contributed by atoms with Gasteiger partial charge in [0.05, 0.1) is 6.54 Å². The van der Waals surface area contributed by atoms with Crippen molar-refractivity contribution in [3.8, 4) is 0 Å². The third-order valence-electron chi connectivity index (χ3n) is 3.79. The summed E-state index contributed by atoms with van der Waals surface area (Å²) in [6, 6.07) is 0. The first-order chi connectivity index (χ1) is 8.43. The molecular formula is C12H20N4O2. The number of fused-ring (bicyclic) bond motifs is 1. The van der Waals surface area contributed by atoms with E-state index in [4.69, 9.17) is 0 Å². The van der Waals surface area contributed by atoms with E-state index in [-0.39, 0.29) is 0 Å². The van der Waals surface area contributed by atoms with Crippen LogP contribution in [-0.2, 0) is 24.3 Å². The second kappa shape index (κ2) is 4.68. The van der Waals surface area contributed by atoms with Crippen molar-refractivity contribution >= 4 is 5.97 Å². The number of nitrogens with zero attached hydrogens (tertiary/aromatic N) is 4. The second-order valence-electron chi connectivity index (χ2n) is 5.36. The van der Waals surface area contributed by atoms with Crippen molar-refractivity contribution in [2.24, 2.45) is 0 Å². The third-order valence-corrected chi connectivity index (χ3v) is 3.79. The number of aromatic nitrogens is 3. The van der Waals surface area contributed by atoms with E-state index >= 15 is 0 Å². The van der Waals surface area contributed by atoms with Gasteiger partial charge in [-0.15, -0.1) is 10.2 Å². The van der Waals surface area contributed by atoms with Crippen LogP contribution < -0.4 is 0 Å². The molecule has 1 aliphatic rings. The molecule has 0 spiro atoms. The Kier molecular flexibility index (Phi) is 3.38. The molecule has 6 nitrogen and oxygen atoms in total. The standard InChI is InChI=1S/C12H20N4O2/c1-12(2,11(17)18)15(3)8-10-14-13-9-6-4-5-7-16(9)10/h4-8H2,1-3H3,(H,17,18). The molecule has 2 heterocycles. The van der Waals surface area contributed by atoms with Gasteiger partial charge in [-0.1, -0.05) is 0 Å². The van der Waals surface area contributed by atoms with Crippen LogP contribution in [0.25, 0.3) is 0 Å². The zero-order chi connectivity index (χ0) is 13.3. The maximum absolute atomic E-state index is 11.2. The normalized spacial score (nSPS) is 15.8. The highest BCUT2D eigenvalue weighted by Crippen LogP contribution is 2.19. The summed E-state index contributed by atoms with van der Waals surface area (Å²) in [4.78, 5) is 13.0. The van der Waals surface area contributed by atoms with E-state index in [9.17, 15) is 9.90 Å². The highest BCUT2D eigenvalue weighted by atomic mass is 16.4. The molecule has 1 aliphatic heterocycles. The quantitative estimate of drug-likeness (QED) is 0.862. The van der Waals surface area contributed by atoms with Gasteiger partial charge < -0.3 is 9.67 Å². The van der Waals surface area contributed by atoms with Crippen LogP contribution in [0, 0.1) is 0 Å². The summed E-state index contributed by atoms with van der Waals surface area (Å²) in [6.45, 7) is 4.84. The summed E-state index contributed by atoms with van der Waals surface area (Å²) >= 11 is 0. The molecule has 0 fully saturated rings. The van der Waals surface area contributed by atoms with Gasteiger partial charge >= 0.3 is 5.97 Å². The fourth-order valence-electron chi connectivity index (χ4n) is 2.06. The number of aliphatic carboxylic acids is 1. The summed E-state index contributed by atoms with van der Waals surface area (Å²) < 4.78 is 2.12. The predicted molar refractivity (Wildman–Crippen MR) is 66.1 cm³/mol. The van der Waals surface area contributed by atoms with Crippen molar-refractivity contribution in [2.45, 2.75) is 51.7 Å². The number of hydrogen-bond donors (Lipinski definition) is 1. The fraction of sp³-hybridized carbons (Fsp3) is 0.750. The molecule has 1 aromatic heterocycles. The van der Waals surface area contributed by atoms with Crippen molar-refractivity contribution < 1.29 is 9.90 Å². The Balaban J connectivity index is 2.15. The fourth-order valence-corrected chi connectivity index (χ4v) is 2.06. The van der Waals surface area contributed by atoms with Crippen molar-refractivity contribution in [1.82, 2.24) is 19.7 Å². The molecule has 18 heavy (non-hydrogen) atoms. The molecule has 1 aromatic rings. The van der Waals surface area contributed by atoms with Crippen LogP contribution in [0.1, 0.15) is 38.3 Å². The first-order valence-electron chi connectivity index (χ1n) is 6.28. The molecule has 0 atom stereocenters. The van der Waals surface area contributed by atoms with Crippen molar-refractivity contribution in [1.29, 1.82) is 0 Å². The maximum Gasteiger partial charge on any atom is 0.323 e. The first kappa shape index (κ1) is 13.0. The molecule has 100 valence electrons. The Morgan fingerprint density at radius 2 is 2.17 bits per heavy atom. The zero-order valence-electron chi connectivity index (χ0n) is 11.2. The minimum Gasteiger partial charge on any atom is -0.480 e. The lowest BCUT2D eigenvalue weighted by atomic mass is 10.0. The third kappa shape index (κ3) is 2.25. The number of carboxylic acid groups (broad SMARTS) is 1. The number of likely N-dealkylation sites (N-methyl/N-ethyl adjacent to an activating group) is 1. The van der Waals surface area contributed by atoms with Gasteiger partial charge in [0.15, 0.2) is 0 Å². The minimum atomic E-state index is -0.902. The number of hydrogen-bond acceptors (Lipinski definition) is 4. The average molecular weight is 252 g/mol. The number of carboxylic acids is 1. The highest BCUT2D eigenvalue weighted by molar-refractivity contribution is 5.77.